The third-order valence-electron chi connectivity index (χ3n) is 3.16. The fourth-order valence-electron chi connectivity index (χ4n) is 2.21. The zero-order valence-electron chi connectivity index (χ0n) is 12.4. The van der Waals surface area contributed by atoms with Crippen LogP contribution in [0.4, 0.5) is 5.82 Å². The molecular weight excluding hydrogens is 280 g/mol. The lowest BCUT2D eigenvalue weighted by molar-refractivity contribution is 0.0998. The summed E-state index contributed by atoms with van der Waals surface area (Å²) >= 11 is 0. The summed E-state index contributed by atoms with van der Waals surface area (Å²) in [6.07, 6.45) is 0. The van der Waals surface area contributed by atoms with E-state index in [9.17, 15) is 4.79 Å². The molecule has 0 aliphatic rings. The summed E-state index contributed by atoms with van der Waals surface area (Å²) in [6.45, 7) is 4.30. The number of ether oxygens (including phenoxy) is 1. The maximum atomic E-state index is 12.3. The van der Waals surface area contributed by atoms with Crippen LogP contribution in [0.25, 0.3) is 11.0 Å². The molecule has 2 aromatic heterocycles. The lowest BCUT2D eigenvalue weighted by atomic mass is 10.2. The second-order valence-electron chi connectivity index (χ2n) is 4.84. The maximum Gasteiger partial charge on any atom is 0.292 e. The average molecular weight is 296 g/mol. The Morgan fingerprint density at radius 3 is 2.86 bits per heavy atom. The van der Waals surface area contributed by atoms with Gasteiger partial charge in [-0.25, -0.2) is 4.98 Å². The van der Waals surface area contributed by atoms with Crippen molar-refractivity contribution in [2.45, 2.75) is 13.8 Å². The quantitative estimate of drug-likeness (QED) is 0.795. The molecule has 3 aromatic rings. The second-order valence-corrected chi connectivity index (χ2v) is 4.84. The summed E-state index contributed by atoms with van der Waals surface area (Å²) in [6, 6.07) is 12.7. The number of aryl methyl sites for hydroxylation is 1. The van der Waals surface area contributed by atoms with Gasteiger partial charge in [0.15, 0.2) is 17.1 Å². The number of aromatic nitrogens is 1. The van der Waals surface area contributed by atoms with Gasteiger partial charge in [0.05, 0.1) is 6.61 Å². The summed E-state index contributed by atoms with van der Waals surface area (Å²) < 4.78 is 11.2. The molecule has 3 rings (SSSR count). The van der Waals surface area contributed by atoms with E-state index in [4.69, 9.17) is 9.15 Å². The van der Waals surface area contributed by atoms with Crippen molar-refractivity contribution in [3.63, 3.8) is 0 Å². The fraction of sp³-hybridized carbons (Fsp3) is 0.176. The summed E-state index contributed by atoms with van der Waals surface area (Å²) in [5.41, 5.74) is 1.41. The molecule has 0 unspecified atom stereocenters. The number of amides is 1. The lowest BCUT2D eigenvalue weighted by Gasteiger charge is -2.03. The number of nitrogens with one attached hydrogen (secondary N) is 1. The number of para-hydroxylation sites is 1. The molecule has 5 heteroatoms. The van der Waals surface area contributed by atoms with Gasteiger partial charge in [-0.05, 0) is 38.1 Å². The highest BCUT2D eigenvalue weighted by molar-refractivity contribution is 6.04. The van der Waals surface area contributed by atoms with Gasteiger partial charge in [-0.15, -0.1) is 0 Å². The summed E-state index contributed by atoms with van der Waals surface area (Å²) in [4.78, 5) is 16.5. The third kappa shape index (κ3) is 2.79. The lowest BCUT2D eigenvalue weighted by Crippen LogP contribution is -2.12. The Kier molecular flexibility index (Phi) is 3.78. The van der Waals surface area contributed by atoms with Gasteiger partial charge >= 0.3 is 0 Å². The number of benzene rings is 1. The molecule has 0 spiro atoms. The number of hydrogen-bond donors (Lipinski definition) is 1. The van der Waals surface area contributed by atoms with Gasteiger partial charge in [0.25, 0.3) is 5.91 Å². The van der Waals surface area contributed by atoms with Gasteiger partial charge in [0.1, 0.15) is 5.82 Å². The fourth-order valence-corrected chi connectivity index (χ4v) is 2.21. The molecule has 0 radical (unpaired) electrons. The van der Waals surface area contributed by atoms with Crippen LogP contribution < -0.4 is 10.1 Å². The van der Waals surface area contributed by atoms with Crippen molar-refractivity contribution < 1.29 is 13.9 Å². The minimum Gasteiger partial charge on any atom is -0.490 e. The van der Waals surface area contributed by atoms with Gasteiger partial charge in [-0.1, -0.05) is 18.2 Å². The van der Waals surface area contributed by atoms with Gasteiger partial charge in [-0.3, -0.25) is 4.79 Å². The topological polar surface area (TPSA) is 64.4 Å². The van der Waals surface area contributed by atoms with Crippen LogP contribution in [0.5, 0.6) is 5.75 Å². The summed E-state index contributed by atoms with van der Waals surface area (Å²) in [5, 5.41) is 3.55. The predicted molar refractivity (Wildman–Crippen MR) is 84.3 cm³/mol. The number of nitrogens with zero attached hydrogens (tertiary/aromatic N) is 1. The van der Waals surface area contributed by atoms with Gasteiger partial charge in [0, 0.05) is 11.1 Å². The number of rotatable bonds is 4. The molecule has 0 fully saturated rings. The van der Waals surface area contributed by atoms with Gasteiger partial charge in [0.2, 0.25) is 0 Å². The van der Waals surface area contributed by atoms with Crippen molar-refractivity contribution in [3.05, 3.63) is 53.9 Å². The number of pyridine rings is 1. The van der Waals surface area contributed by atoms with E-state index < -0.39 is 0 Å². The average Bonchev–Trinajstić information content (AvgIpc) is 2.93. The van der Waals surface area contributed by atoms with Crippen LogP contribution in [-0.4, -0.2) is 17.5 Å². The Hall–Kier alpha value is -2.82. The maximum absolute atomic E-state index is 12.3. The second kappa shape index (κ2) is 5.89. The Balaban J connectivity index is 1.89. The standard InChI is InChI=1S/C17H16N2O3/c1-3-21-13-8-5-7-12-10-14(22-16(12)13)17(20)19-15-9-4-6-11(2)18-15/h4-10H,3H2,1-2H3,(H,18,19,20). The molecule has 22 heavy (non-hydrogen) atoms. The molecule has 1 N–H and O–H groups in total. The molecule has 1 amide bonds. The van der Waals surface area contributed by atoms with Gasteiger partial charge in [-0.2, -0.15) is 0 Å². The van der Waals surface area contributed by atoms with E-state index in [1.165, 1.54) is 0 Å². The van der Waals surface area contributed by atoms with Crippen molar-refractivity contribution in [2.24, 2.45) is 0 Å². The molecule has 0 aliphatic heterocycles. The largest absolute Gasteiger partial charge is 0.490 e. The molecule has 1 aromatic carbocycles. The molecular formula is C17H16N2O3. The number of anilines is 1. The van der Waals surface area contributed by atoms with Crippen LogP contribution in [0.1, 0.15) is 23.2 Å². The summed E-state index contributed by atoms with van der Waals surface area (Å²) in [5.74, 6) is 1.02. The number of hydrogen-bond acceptors (Lipinski definition) is 4. The van der Waals surface area contributed by atoms with E-state index in [0.29, 0.717) is 23.8 Å². The van der Waals surface area contributed by atoms with Crippen LogP contribution in [-0.2, 0) is 0 Å². The zero-order chi connectivity index (χ0) is 15.5. The highest BCUT2D eigenvalue weighted by Gasteiger charge is 2.15. The number of furan rings is 1. The van der Waals surface area contributed by atoms with Crippen LogP contribution in [0.15, 0.2) is 46.9 Å². The van der Waals surface area contributed by atoms with E-state index in [-0.39, 0.29) is 11.7 Å². The minimum absolute atomic E-state index is 0.227. The van der Waals surface area contributed by atoms with Gasteiger partial charge < -0.3 is 14.5 Å². The number of carbonyl (C=O) groups is 1. The Morgan fingerprint density at radius 2 is 2.09 bits per heavy atom. The third-order valence-corrected chi connectivity index (χ3v) is 3.16. The first-order valence-electron chi connectivity index (χ1n) is 7.07. The number of fused-ring (bicyclic) bond motifs is 1. The first-order chi connectivity index (χ1) is 10.7. The molecule has 5 nitrogen and oxygen atoms in total. The zero-order valence-corrected chi connectivity index (χ0v) is 12.4. The van der Waals surface area contributed by atoms with E-state index in [2.05, 4.69) is 10.3 Å². The van der Waals surface area contributed by atoms with Crippen molar-refractivity contribution in [1.82, 2.24) is 4.98 Å². The smallest absolute Gasteiger partial charge is 0.292 e. The molecule has 0 aliphatic carbocycles. The first kappa shape index (κ1) is 14.1. The molecule has 0 bridgehead atoms. The molecule has 0 saturated heterocycles. The van der Waals surface area contributed by atoms with Crippen LogP contribution >= 0.6 is 0 Å². The van der Waals surface area contributed by atoms with E-state index in [0.717, 1.165) is 11.1 Å². The van der Waals surface area contributed by atoms with Crippen LogP contribution in [0, 0.1) is 6.92 Å². The SMILES string of the molecule is CCOc1cccc2cc(C(=O)Nc3cccc(C)n3)oc12. The minimum atomic E-state index is -0.336. The van der Waals surface area contributed by atoms with Crippen molar-refractivity contribution in [2.75, 3.05) is 11.9 Å². The molecule has 0 saturated carbocycles. The Morgan fingerprint density at radius 1 is 1.27 bits per heavy atom. The molecule has 112 valence electrons. The van der Waals surface area contributed by atoms with E-state index in [1.54, 1.807) is 12.1 Å². The molecule has 0 atom stereocenters. The van der Waals surface area contributed by atoms with Crippen LogP contribution in [0.2, 0.25) is 0 Å². The van der Waals surface area contributed by atoms with Crippen molar-refractivity contribution in [3.8, 4) is 5.75 Å². The highest BCUT2D eigenvalue weighted by atomic mass is 16.5. The highest BCUT2D eigenvalue weighted by Crippen LogP contribution is 2.29. The van der Waals surface area contributed by atoms with E-state index >= 15 is 0 Å². The Labute approximate surface area is 127 Å². The predicted octanol–water partition coefficient (Wildman–Crippen LogP) is 3.79. The normalized spacial score (nSPS) is 10.6. The monoisotopic (exact) mass is 296 g/mol. The molecule has 2 heterocycles. The van der Waals surface area contributed by atoms with E-state index in [1.807, 2.05) is 44.2 Å². The Bertz CT molecular complexity index is 824. The van der Waals surface area contributed by atoms with Crippen molar-refractivity contribution >= 4 is 22.7 Å². The van der Waals surface area contributed by atoms with Crippen molar-refractivity contribution in [1.29, 1.82) is 0 Å². The van der Waals surface area contributed by atoms with Crippen LogP contribution in [0.3, 0.4) is 0 Å². The summed E-state index contributed by atoms with van der Waals surface area (Å²) in [7, 11) is 0. The first-order valence-corrected chi connectivity index (χ1v) is 7.07. The number of carbonyl (C=O) groups excluding carboxylic acids is 1.